The first-order chi connectivity index (χ1) is 13.7. The van der Waals surface area contributed by atoms with Crippen molar-refractivity contribution in [1.29, 1.82) is 0 Å². The third kappa shape index (κ3) is 3.00. The Morgan fingerprint density at radius 2 is 1.89 bits per heavy atom. The van der Waals surface area contributed by atoms with E-state index in [4.69, 9.17) is 16.6 Å². The molecular weight excluding hydrogens is 372 g/mol. The Hall–Kier alpha value is -2.66. The number of anilines is 1. The van der Waals surface area contributed by atoms with Gasteiger partial charge in [-0.05, 0) is 49.1 Å². The fourth-order valence-electron chi connectivity index (χ4n) is 4.20. The number of piperazine rings is 1. The summed E-state index contributed by atoms with van der Waals surface area (Å²) in [7, 11) is 0. The SMILES string of the molecule is O=C(c1ccc2c(Cl)c3c(nc2c1)CCC3)N1CCN(c2ccccn2)CC1. The molecule has 0 saturated carbocycles. The van der Waals surface area contributed by atoms with E-state index in [1.807, 2.05) is 41.3 Å². The standard InChI is InChI=1S/C22H21ClN4O/c23-21-16-4-3-5-18(16)25-19-14-15(7-8-17(19)21)22(28)27-12-10-26(11-13-27)20-6-1-2-9-24-20/h1-2,6-9,14H,3-5,10-13H2. The summed E-state index contributed by atoms with van der Waals surface area (Å²) < 4.78 is 0. The van der Waals surface area contributed by atoms with E-state index in [9.17, 15) is 4.79 Å². The Balaban J connectivity index is 1.36. The highest BCUT2D eigenvalue weighted by Gasteiger charge is 2.24. The maximum atomic E-state index is 13.0. The molecule has 1 fully saturated rings. The number of nitrogens with zero attached hydrogens (tertiary/aromatic N) is 4. The van der Waals surface area contributed by atoms with Crippen LogP contribution in [0.25, 0.3) is 10.9 Å². The summed E-state index contributed by atoms with van der Waals surface area (Å²) in [6, 6.07) is 11.6. The number of amides is 1. The zero-order valence-electron chi connectivity index (χ0n) is 15.6. The maximum Gasteiger partial charge on any atom is 0.254 e. The average Bonchev–Trinajstić information content (AvgIpc) is 3.22. The molecule has 0 spiro atoms. The Labute approximate surface area is 169 Å². The number of halogens is 1. The fourth-order valence-corrected chi connectivity index (χ4v) is 4.56. The molecule has 0 bridgehead atoms. The van der Waals surface area contributed by atoms with Crippen molar-refractivity contribution in [2.75, 3.05) is 31.1 Å². The van der Waals surface area contributed by atoms with Crippen molar-refractivity contribution >= 4 is 34.2 Å². The Kier molecular flexibility index (Phi) is 4.40. The number of carbonyl (C=O) groups is 1. The minimum absolute atomic E-state index is 0.0565. The van der Waals surface area contributed by atoms with Gasteiger partial charge in [0.15, 0.2) is 0 Å². The Morgan fingerprint density at radius 1 is 1.04 bits per heavy atom. The van der Waals surface area contributed by atoms with Gasteiger partial charge in [-0.1, -0.05) is 23.7 Å². The van der Waals surface area contributed by atoms with Gasteiger partial charge < -0.3 is 9.80 Å². The molecular formula is C22H21ClN4O. The number of hydrogen-bond donors (Lipinski definition) is 0. The van der Waals surface area contributed by atoms with Gasteiger partial charge in [-0.3, -0.25) is 9.78 Å². The third-order valence-corrected chi connectivity index (χ3v) is 6.16. The number of carbonyl (C=O) groups excluding carboxylic acids is 1. The highest BCUT2D eigenvalue weighted by molar-refractivity contribution is 6.36. The van der Waals surface area contributed by atoms with Gasteiger partial charge in [0.25, 0.3) is 5.91 Å². The number of rotatable bonds is 2. The van der Waals surface area contributed by atoms with Gasteiger partial charge in [-0.2, -0.15) is 0 Å². The monoisotopic (exact) mass is 392 g/mol. The molecule has 0 radical (unpaired) electrons. The molecule has 2 aliphatic rings. The number of aromatic nitrogens is 2. The van der Waals surface area contributed by atoms with Crippen LogP contribution in [0.4, 0.5) is 5.82 Å². The predicted molar refractivity (Wildman–Crippen MR) is 111 cm³/mol. The van der Waals surface area contributed by atoms with Crippen LogP contribution in [0.15, 0.2) is 42.6 Å². The van der Waals surface area contributed by atoms with Crippen LogP contribution in [0.2, 0.25) is 5.02 Å². The van der Waals surface area contributed by atoms with E-state index < -0.39 is 0 Å². The number of fused-ring (bicyclic) bond motifs is 2. The Morgan fingerprint density at radius 3 is 2.68 bits per heavy atom. The fraction of sp³-hybridized carbons (Fsp3) is 0.318. The molecule has 142 valence electrons. The zero-order valence-corrected chi connectivity index (χ0v) is 16.3. The van der Waals surface area contributed by atoms with Gasteiger partial charge in [-0.15, -0.1) is 0 Å². The molecule has 0 unspecified atom stereocenters. The third-order valence-electron chi connectivity index (χ3n) is 5.73. The molecule has 3 aromatic rings. The molecule has 0 N–H and O–H groups in total. The van der Waals surface area contributed by atoms with Gasteiger partial charge in [0.1, 0.15) is 5.82 Å². The summed E-state index contributed by atoms with van der Waals surface area (Å²) >= 11 is 6.60. The van der Waals surface area contributed by atoms with Gasteiger partial charge in [-0.25, -0.2) is 4.98 Å². The van der Waals surface area contributed by atoms with E-state index in [0.29, 0.717) is 18.7 Å². The lowest BCUT2D eigenvalue weighted by atomic mass is 10.1. The van der Waals surface area contributed by atoms with Crippen LogP contribution >= 0.6 is 11.6 Å². The molecule has 5 rings (SSSR count). The van der Waals surface area contributed by atoms with Crippen LogP contribution in [0.1, 0.15) is 28.0 Å². The van der Waals surface area contributed by atoms with E-state index in [1.165, 1.54) is 5.56 Å². The topological polar surface area (TPSA) is 49.3 Å². The molecule has 1 saturated heterocycles. The average molecular weight is 393 g/mol. The molecule has 1 amide bonds. The summed E-state index contributed by atoms with van der Waals surface area (Å²) in [6.07, 6.45) is 4.87. The predicted octanol–water partition coefficient (Wildman–Crippen LogP) is 3.73. The first-order valence-electron chi connectivity index (χ1n) is 9.77. The Bertz CT molecular complexity index is 1050. The van der Waals surface area contributed by atoms with Crippen LogP contribution < -0.4 is 4.90 Å². The van der Waals surface area contributed by atoms with Crippen molar-refractivity contribution in [2.45, 2.75) is 19.3 Å². The molecule has 2 aromatic heterocycles. The van der Waals surface area contributed by atoms with Gasteiger partial charge in [0, 0.05) is 49.0 Å². The van der Waals surface area contributed by atoms with Crippen LogP contribution in [0.5, 0.6) is 0 Å². The molecule has 3 heterocycles. The minimum atomic E-state index is 0.0565. The van der Waals surface area contributed by atoms with Gasteiger partial charge in [0.05, 0.1) is 10.5 Å². The number of pyridine rings is 2. The largest absolute Gasteiger partial charge is 0.353 e. The van der Waals surface area contributed by atoms with Gasteiger partial charge in [0.2, 0.25) is 0 Å². The summed E-state index contributed by atoms with van der Waals surface area (Å²) in [5, 5.41) is 1.75. The summed E-state index contributed by atoms with van der Waals surface area (Å²) in [5.41, 5.74) is 3.77. The number of hydrogen-bond acceptors (Lipinski definition) is 4. The highest BCUT2D eigenvalue weighted by atomic mass is 35.5. The second-order valence-electron chi connectivity index (χ2n) is 7.40. The smallest absolute Gasteiger partial charge is 0.254 e. The lowest BCUT2D eigenvalue weighted by Gasteiger charge is -2.35. The van der Waals surface area contributed by atoms with E-state index >= 15 is 0 Å². The van der Waals surface area contributed by atoms with Crippen LogP contribution in [-0.4, -0.2) is 47.0 Å². The van der Waals surface area contributed by atoms with Gasteiger partial charge >= 0.3 is 0 Å². The van der Waals surface area contributed by atoms with Crippen LogP contribution in [0.3, 0.4) is 0 Å². The molecule has 5 nitrogen and oxygen atoms in total. The lowest BCUT2D eigenvalue weighted by Crippen LogP contribution is -2.49. The van der Waals surface area contributed by atoms with Crippen molar-refractivity contribution in [3.05, 3.63) is 64.4 Å². The molecule has 28 heavy (non-hydrogen) atoms. The maximum absolute atomic E-state index is 13.0. The lowest BCUT2D eigenvalue weighted by molar-refractivity contribution is 0.0746. The van der Waals surface area contributed by atoms with Crippen molar-refractivity contribution in [1.82, 2.24) is 14.9 Å². The molecule has 6 heteroatoms. The second kappa shape index (κ2) is 7.06. The highest BCUT2D eigenvalue weighted by Crippen LogP contribution is 2.34. The summed E-state index contributed by atoms with van der Waals surface area (Å²) in [6.45, 7) is 2.94. The molecule has 1 aromatic carbocycles. The van der Waals surface area contributed by atoms with E-state index in [2.05, 4.69) is 9.88 Å². The number of benzene rings is 1. The normalized spacial score (nSPS) is 16.5. The molecule has 0 atom stereocenters. The van der Waals surface area contributed by atoms with Crippen LogP contribution in [0, 0.1) is 0 Å². The quantitative estimate of drug-likeness (QED) is 0.666. The summed E-state index contributed by atoms with van der Waals surface area (Å²) in [4.78, 5) is 26.4. The second-order valence-corrected chi connectivity index (χ2v) is 7.78. The van der Waals surface area contributed by atoms with E-state index in [0.717, 1.165) is 59.8 Å². The number of aryl methyl sites for hydroxylation is 1. The first kappa shape index (κ1) is 17.4. The molecule has 1 aliphatic heterocycles. The molecule has 1 aliphatic carbocycles. The zero-order chi connectivity index (χ0) is 19.1. The first-order valence-corrected chi connectivity index (χ1v) is 10.1. The van der Waals surface area contributed by atoms with Crippen LogP contribution in [-0.2, 0) is 12.8 Å². The van der Waals surface area contributed by atoms with Crippen molar-refractivity contribution in [3.63, 3.8) is 0 Å². The minimum Gasteiger partial charge on any atom is -0.353 e. The van der Waals surface area contributed by atoms with E-state index in [1.54, 1.807) is 6.20 Å². The van der Waals surface area contributed by atoms with E-state index in [-0.39, 0.29) is 5.91 Å². The van der Waals surface area contributed by atoms with Crippen molar-refractivity contribution < 1.29 is 4.79 Å². The van der Waals surface area contributed by atoms with Crippen molar-refractivity contribution in [2.24, 2.45) is 0 Å². The van der Waals surface area contributed by atoms with Crippen molar-refractivity contribution in [3.8, 4) is 0 Å². The summed E-state index contributed by atoms with van der Waals surface area (Å²) in [5.74, 6) is 1.02.